The van der Waals surface area contributed by atoms with Gasteiger partial charge in [0.25, 0.3) is 0 Å². The number of furan rings is 1. The summed E-state index contributed by atoms with van der Waals surface area (Å²) in [7, 11) is 0. The van der Waals surface area contributed by atoms with E-state index in [1.807, 2.05) is 0 Å². The summed E-state index contributed by atoms with van der Waals surface area (Å²) in [6, 6.07) is 3.29. The Morgan fingerprint density at radius 2 is 2.12 bits per heavy atom. The Morgan fingerprint density at radius 1 is 1.41 bits per heavy atom. The Morgan fingerprint density at radius 3 is 2.65 bits per heavy atom. The maximum atomic E-state index is 10.7. The molecule has 0 atom stereocenters. The number of hydrogen-bond acceptors (Lipinski definition) is 3. The van der Waals surface area contributed by atoms with Gasteiger partial charge in [-0.15, -0.1) is 0 Å². The van der Waals surface area contributed by atoms with Crippen molar-refractivity contribution in [2.45, 2.75) is 49.4 Å². The van der Waals surface area contributed by atoms with E-state index < -0.39 is 5.97 Å². The van der Waals surface area contributed by atoms with Crippen molar-refractivity contribution in [3.8, 4) is 0 Å². The number of rotatable bonds is 4. The number of thioether (sulfide) groups is 1. The molecule has 1 aromatic rings. The third kappa shape index (κ3) is 3.28. The Labute approximate surface area is 106 Å². The van der Waals surface area contributed by atoms with E-state index in [1.54, 1.807) is 17.8 Å². The van der Waals surface area contributed by atoms with Gasteiger partial charge in [-0.1, -0.05) is 25.1 Å². The van der Waals surface area contributed by atoms with Gasteiger partial charge in [0.2, 0.25) is 5.76 Å². The summed E-state index contributed by atoms with van der Waals surface area (Å²) in [6.07, 6.45) is 6.29. The number of carbonyl (C=O) groups is 1. The van der Waals surface area contributed by atoms with Crippen LogP contribution in [0.5, 0.6) is 0 Å². The van der Waals surface area contributed by atoms with Gasteiger partial charge in [-0.25, -0.2) is 4.79 Å². The molecule has 1 saturated carbocycles. The fourth-order valence-electron chi connectivity index (χ4n) is 2.32. The highest BCUT2D eigenvalue weighted by Gasteiger charge is 2.22. The van der Waals surface area contributed by atoms with Crippen LogP contribution in [-0.4, -0.2) is 16.3 Å². The van der Waals surface area contributed by atoms with Crippen LogP contribution < -0.4 is 0 Å². The highest BCUT2D eigenvalue weighted by Crippen LogP contribution is 2.37. The quantitative estimate of drug-likeness (QED) is 0.881. The van der Waals surface area contributed by atoms with E-state index in [9.17, 15) is 4.79 Å². The Hall–Kier alpha value is -0.900. The third-order valence-electron chi connectivity index (χ3n) is 3.45. The van der Waals surface area contributed by atoms with Crippen LogP contribution in [0.3, 0.4) is 0 Å². The van der Waals surface area contributed by atoms with E-state index >= 15 is 0 Å². The molecular weight excluding hydrogens is 236 g/mol. The molecule has 1 aliphatic rings. The lowest BCUT2D eigenvalue weighted by Crippen LogP contribution is -2.15. The van der Waals surface area contributed by atoms with Gasteiger partial charge in [0, 0.05) is 5.25 Å². The topological polar surface area (TPSA) is 50.4 Å². The molecule has 0 radical (unpaired) electrons. The molecular formula is C13H18O3S. The highest BCUT2D eigenvalue weighted by molar-refractivity contribution is 7.99. The molecule has 0 unspecified atom stereocenters. The molecule has 1 aromatic heterocycles. The van der Waals surface area contributed by atoms with Gasteiger partial charge in [-0.2, -0.15) is 0 Å². The van der Waals surface area contributed by atoms with Gasteiger partial charge in [0.1, 0.15) is 0 Å². The lowest BCUT2D eigenvalue weighted by Gasteiger charge is -2.26. The Bertz CT molecular complexity index is 378. The number of carboxylic acid groups (broad SMARTS) is 1. The molecule has 1 fully saturated rings. The second-order valence-corrected chi connectivity index (χ2v) is 5.90. The molecule has 0 amide bonds. The zero-order valence-electron chi connectivity index (χ0n) is 10.0. The molecule has 3 nitrogen and oxygen atoms in total. The molecule has 0 aromatic carbocycles. The molecule has 17 heavy (non-hydrogen) atoms. The van der Waals surface area contributed by atoms with Crippen LogP contribution in [0.25, 0.3) is 0 Å². The van der Waals surface area contributed by atoms with E-state index in [-0.39, 0.29) is 5.76 Å². The predicted octanol–water partition coefficient (Wildman–Crippen LogP) is 4.04. The monoisotopic (exact) mass is 254 g/mol. The van der Waals surface area contributed by atoms with Crippen molar-refractivity contribution < 1.29 is 14.3 Å². The molecule has 94 valence electrons. The van der Waals surface area contributed by atoms with Crippen LogP contribution >= 0.6 is 11.8 Å². The molecule has 1 aliphatic carbocycles. The van der Waals surface area contributed by atoms with Crippen LogP contribution in [0.1, 0.15) is 49.6 Å². The summed E-state index contributed by atoms with van der Waals surface area (Å²) in [5, 5.41) is 10.1. The van der Waals surface area contributed by atoms with Gasteiger partial charge in [0.05, 0.1) is 0 Å². The van der Waals surface area contributed by atoms with Crippen LogP contribution in [0.4, 0.5) is 0 Å². The largest absolute Gasteiger partial charge is 0.475 e. The summed E-state index contributed by atoms with van der Waals surface area (Å²) >= 11 is 1.69. The molecule has 4 heteroatoms. The summed E-state index contributed by atoms with van der Waals surface area (Å²) in [6.45, 7) is 2.25. The summed E-state index contributed by atoms with van der Waals surface area (Å²) in [4.78, 5) is 10.7. The van der Waals surface area contributed by atoms with Crippen molar-refractivity contribution in [3.63, 3.8) is 0 Å². The maximum Gasteiger partial charge on any atom is 0.371 e. The molecule has 0 saturated heterocycles. The first-order valence-electron chi connectivity index (χ1n) is 6.18. The molecule has 1 N–H and O–H groups in total. The van der Waals surface area contributed by atoms with Crippen molar-refractivity contribution >= 4 is 17.7 Å². The van der Waals surface area contributed by atoms with Crippen LogP contribution in [0.15, 0.2) is 21.6 Å². The minimum Gasteiger partial charge on any atom is -0.475 e. The molecule has 0 bridgehead atoms. The zero-order valence-corrected chi connectivity index (χ0v) is 10.8. The second kappa shape index (κ2) is 5.63. The molecule has 2 rings (SSSR count). The van der Waals surface area contributed by atoms with Crippen molar-refractivity contribution in [2.75, 3.05) is 0 Å². The third-order valence-corrected chi connectivity index (χ3v) is 4.70. The van der Waals surface area contributed by atoms with E-state index in [2.05, 4.69) is 6.92 Å². The van der Waals surface area contributed by atoms with E-state index in [4.69, 9.17) is 9.52 Å². The Balaban J connectivity index is 1.86. The fraction of sp³-hybridized carbons (Fsp3) is 0.615. The van der Waals surface area contributed by atoms with Gasteiger partial charge >= 0.3 is 5.97 Å². The molecule has 0 aliphatic heterocycles. The summed E-state index contributed by atoms with van der Waals surface area (Å²) in [5.41, 5.74) is 0. The van der Waals surface area contributed by atoms with Gasteiger partial charge in [-0.05, 0) is 43.7 Å². The van der Waals surface area contributed by atoms with Gasteiger partial charge in [0.15, 0.2) is 5.09 Å². The van der Waals surface area contributed by atoms with Crippen LogP contribution in [0.2, 0.25) is 0 Å². The lowest BCUT2D eigenvalue weighted by atomic mass is 9.87. The number of aromatic carboxylic acids is 1. The van der Waals surface area contributed by atoms with E-state index in [1.165, 1.54) is 38.2 Å². The minimum absolute atomic E-state index is 0.0368. The van der Waals surface area contributed by atoms with Gasteiger partial charge < -0.3 is 9.52 Å². The standard InChI is InChI=1S/C13H18O3S/c1-2-9-3-5-10(6-4-9)17-12-8-7-11(16-12)13(14)15/h7-10H,2-6H2,1H3,(H,14,15). The number of carboxylic acids is 1. The first kappa shape index (κ1) is 12.6. The lowest BCUT2D eigenvalue weighted by molar-refractivity contribution is 0.0656. The van der Waals surface area contributed by atoms with Crippen molar-refractivity contribution in [2.24, 2.45) is 5.92 Å². The zero-order chi connectivity index (χ0) is 12.3. The maximum absolute atomic E-state index is 10.7. The van der Waals surface area contributed by atoms with Crippen molar-refractivity contribution in [3.05, 3.63) is 17.9 Å². The Kier molecular flexibility index (Phi) is 4.15. The van der Waals surface area contributed by atoms with Crippen LogP contribution in [-0.2, 0) is 0 Å². The normalized spacial score (nSPS) is 24.8. The average molecular weight is 254 g/mol. The smallest absolute Gasteiger partial charge is 0.371 e. The van der Waals surface area contributed by atoms with Crippen LogP contribution in [0, 0.1) is 5.92 Å². The fourth-order valence-corrected chi connectivity index (χ4v) is 3.44. The van der Waals surface area contributed by atoms with Gasteiger partial charge in [-0.3, -0.25) is 0 Å². The summed E-state index contributed by atoms with van der Waals surface area (Å²) in [5.74, 6) is -0.0701. The first-order valence-corrected chi connectivity index (χ1v) is 7.06. The highest BCUT2D eigenvalue weighted by atomic mass is 32.2. The second-order valence-electron chi connectivity index (χ2n) is 4.59. The molecule has 0 spiro atoms. The molecule has 1 heterocycles. The van der Waals surface area contributed by atoms with Crippen molar-refractivity contribution in [1.29, 1.82) is 0 Å². The minimum atomic E-state index is -0.994. The SMILES string of the molecule is CCC1CCC(Sc2ccc(C(=O)O)o2)CC1. The predicted molar refractivity (Wildman–Crippen MR) is 67.6 cm³/mol. The van der Waals surface area contributed by atoms with E-state index in [0.717, 1.165) is 11.0 Å². The average Bonchev–Trinajstić information content (AvgIpc) is 2.79. The first-order chi connectivity index (χ1) is 8.19. The summed E-state index contributed by atoms with van der Waals surface area (Å²) < 4.78 is 5.26. The van der Waals surface area contributed by atoms with Crippen molar-refractivity contribution in [1.82, 2.24) is 0 Å². The number of hydrogen-bond donors (Lipinski definition) is 1. The van der Waals surface area contributed by atoms with E-state index in [0.29, 0.717) is 5.25 Å².